The van der Waals surface area contributed by atoms with E-state index in [1.54, 1.807) is 13.2 Å². The van der Waals surface area contributed by atoms with E-state index in [2.05, 4.69) is 26.1 Å². The van der Waals surface area contributed by atoms with Gasteiger partial charge < -0.3 is 10.5 Å². The van der Waals surface area contributed by atoms with Gasteiger partial charge in [-0.05, 0) is 34.5 Å². The number of methoxy groups -OCH3 is 1. The standard InChI is InChI=1S/C11H12BrN3O/c1-6-3-4-7(11(16-2)10(6)12)8-5-9(13)15-14-8/h3-5H,1-2H3,(H3,13,14,15). The van der Waals surface area contributed by atoms with E-state index >= 15 is 0 Å². The number of benzene rings is 1. The summed E-state index contributed by atoms with van der Waals surface area (Å²) in [6.45, 7) is 2.01. The zero-order chi connectivity index (χ0) is 11.7. The number of hydrogen-bond donors (Lipinski definition) is 2. The van der Waals surface area contributed by atoms with Crippen LogP contribution in [-0.2, 0) is 0 Å². The van der Waals surface area contributed by atoms with E-state index < -0.39 is 0 Å². The van der Waals surface area contributed by atoms with Crippen LogP contribution in [0.25, 0.3) is 11.3 Å². The predicted octanol–water partition coefficient (Wildman–Crippen LogP) is 2.74. The highest BCUT2D eigenvalue weighted by Crippen LogP contribution is 2.37. The van der Waals surface area contributed by atoms with Crippen molar-refractivity contribution in [3.63, 3.8) is 0 Å². The Hall–Kier alpha value is -1.49. The normalized spacial score (nSPS) is 10.4. The molecule has 4 nitrogen and oxygen atoms in total. The van der Waals surface area contributed by atoms with Crippen LogP contribution in [0.1, 0.15) is 5.56 Å². The molecule has 16 heavy (non-hydrogen) atoms. The highest BCUT2D eigenvalue weighted by molar-refractivity contribution is 9.10. The molecule has 0 spiro atoms. The molecular formula is C11H12BrN3O. The smallest absolute Gasteiger partial charge is 0.145 e. The molecule has 0 aliphatic rings. The molecule has 0 atom stereocenters. The lowest BCUT2D eigenvalue weighted by Crippen LogP contribution is -1.91. The van der Waals surface area contributed by atoms with Gasteiger partial charge in [-0.15, -0.1) is 0 Å². The summed E-state index contributed by atoms with van der Waals surface area (Å²) in [5.74, 6) is 1.25. The van der Waals surface area contributed by atoms with Gasteiger partial charge in [0.25, 0.3) is 0 Å². The SMILES string of the molecule is COc1c(-c2cc(N)n[nH]2)ccc(C)c1Br. The molecule has 1 aromatic heterocycles. The average molecular weight is 282 g/mol. The topological polar surface area (TPSA) is 63.9 Å². The fourth-order valence-electron chi connectivity index (χ4n) is 1.54. The van der Waals surface area contributed by atoms with Crippen molar-refractivity contribution in [1.82, 2.24) is 10.2 Å². The van der Waals surface area contributed by atoms with Crippen molar-refractivity contribution in [1.29, 1.82) is 0 Å². The molecule has 0 aliphatic heterocycles. The van der Waals surface area contributed by atoms with Gasteiger partial charge in [0.1, 0.15) is 11.6 Å². The van der Waals surface area contributed by atoms with Gasteiger partial charge in [-0.1, -0.05) is 6.07 Å². The first-order valence-electron chi connectivity index (χ1n) is 4.78. The molecule has 1 aromatic carbocycles. The van der Waals surface area contributed by atoms with Crippen molar-refractivity contribution >= 4 is 21.7 Å². The van der Waals surface area contributed by atoms with Crippen molar-refractivity contribution in [2.24, 2.45) is 0 Å². The summed E-state index contributed by atoms with van der Waals surface area (Å²) in [6.07, 6.45) is 0. The van der Waals surface area contributed by atoms with E-state index in [4.69, 9.17) is 10.5 Å². The van der Waals surface area contributed by atoms with Crippen LogP contribution in [0.5, 0.6) is 5.75 Å². The number of nitrogens with zero attached hydrogens (tertiary/aromatic N) is 1. The van der Waals surface area contributed by atoms with E-state index in [0.717, 1.165) is 27.0 Å². The van der Waals surface area contributed by atoms with Crippen molar-refractivity contribution < 1.29 is 4.74 Å². The molecule has 0 saturated carbocycles. The third-order valence-corrected chi connectivity index (χ3v) is 3.37. The van der Waals surface area contributed by atoms with Gasteiger partial charge in [0, 0.05) is 11.6 Å². The lowest BCUT2D eigenvalue weighted by Gasteiger charge is -2.10. The van der Waals surface area contributed by atoms with E-state index in [1.165, 1.54) is 0 Å². The Kier molecular flexibility index (Phi) is 2.87. The maximum Gasteiger partial charge on any atom is 0.145 e. The fraction of sp³-hybridized carbons (Fsp3) is 0.182. The molecule has 0 radical (unpaired) electrons. The molecule has 2 aromatic rings. The maximum absolute atomic E-state index is 5.58. The second kappa shape index (κ2) is 4.17. The monoisotopic (exact) mass is 281 g/mol. The minimum Gasteiger partial charge on any atom is -0.495 e. The molecule has 1 heterocycles. The Labute approximate surface area is 102 Å². The summed E-state index contributed by atoms with van der Waals surface area (Å²) in [4.78, 5) is 0. The van der Waals surface area contributed by atoms with Gasteiger partial charge in [-0.3, -0.25) is 5.10 Å². The van der Waals surface area contributed by atoms with Crippen molar-refractivity contribution in [3.05, 3.63) is 28.2 Å². The fourth-order valence-corrected chi connectivity index (χ4v) is 2.05. The number of ether oxygens (including phenoxy) is 1. The first-order valence-corrected chi connectivity index (χ1v) is 5.57. The van der Waals surface area contributed by atoms with Crippen LogP contribution in [0.15, 0.2) is 22.7 Å². The van der Waals surface area contributed by atoms with Crippen LogP contribution in [0.3, 0.4) is 0 Å². The van der Waals surface area contributed by atoms with Crippen molar-refractivity contribution in [2.75, 3.05) is 12.8 Å². The molecule has 0 unspecified atom stereocenters. The van der Waals surface area contributed by atoms with Crippen molar-refractivity contribution in [2.45, 2.75) is 6.92 Å². The third kappa shape index (κ3) is 1.78. The molecule has 0 amide bonds. The van der Waals surface area contributed by atoms with Crippen LogP contribution < -0.4 is 10.5 Å². The summed E-state index contributed by atoms with van der Waals surface area (Å²) in [5, 5.41) is 6.77. The Morgan fingerprint density at radius 2 is 2.19 bits per heavy atom. The lowest BCUT2D eigenvalue weighted by atomic mass is 10.1. The third-order valence-electron chi connectivity index (χ3n) is 2.38. The Morgan fingerprint density at radius 3 is 2.75 bits per heavy atom. The summed E-state index contributed by atoms with van der Waals surface area (Å²) >= 11 is 3.50. The second-order valence-electron chi connectivity index (χ2n) is 3.48. The van der Waals surface area contributed by atoms with Gasteiger partial charge in [0.15, 0.2) is 0 Å². The number of anilines is 1. The number of aryl methyl sites for hydroxylation is 1. The zero-order valence-electron chi connectivity index (χ0n) is 9.04. The number of aromatic nitrogens is 2. The van der Waals surface area contributed by atoms with E-state index in [-0.39, 0.29) is 0 Å². The predicted molar refractivity (Wildman–Crippen MR) is 67.4 cm³/mol. The minimum atomic E-state index is 0.466. The summed E-state index contributed by atoms with van der Waals surface area (Å²) in [6, 6.07) is 5.77. The number of halogens is 1. The van der Waals surface area contributed by atoms with Gasteiger partial charge in [-0.2, -0.15) is 5.10 Å². The van der Waals surface area contributed by atoms with E-state index in [1.807, 2.05) is 19.1 Å². The molecule has 5 heteroatoms. The van der Waals surface area contributed by atoms with Gasteiger partial charge in [-0.25, -0.2) is 0 Å². The summed E-state index contributed by atoms with van der Waals surface area (Å²) in [5.41, 5.74) is 8.48. The number of H-pyrrole nitrogens is 1. The second-order valence-corrected chi connectivity index (χ2v) is 4.28. The average Bonchev–Trinajstić information content (AvgIpc) is 2.68. The van der Waals surface area contributed by atoms with E-state index in [0.29, 0.717) is 5.82 Å². The van der Waals surface area contributed by atoms with Crippen LogP contribution in [-0.4, -0.2) is 17.3 Å². The first kappa shape index (κ1) is 11.0. The Morgan fingerprint density at radius 1 is 1.44 bits per heavy atom. The molecule has 0 aliphatic carbocycles. The minimum absolute atomic E-state index is 0.466. The number of nitrogen functional groups attached to an aromatic ring is 1. The molecule has 84 valence electrons. The van der Waals surface area contributed by atoms with Crippen LogP contribution in [0.4, 0.5) is 5.82 Å². The highest BCUT2D eigenvalue weighted by Gasteiger charge is 2.13. The number of rotatable bonds is 2. The molecule has 2 rings (SSSR count). The molecular weight excluding hydrogens is 270 g/mol. The van der Waals surface area contributed by atoms with Gasteiger partial charge in [0.2, 0.25) is 0 Å². The summed E-state index contributed by atoms with van der Waals surface area (Å²) in [7, 11) is 1.64. The Balaban J connectivity index is 2.61. The molecule has 0 bridgehead atoms. The highest BCUT2D eigenvalue weighted by atomic mass is 79.9. The number of aromatic amines is 1. The van der Waals surface area contributed by atoms with Crippen LogP contribution in [0.2, 0.25) is 0 Å². The number of nitrogens with one attached hydrogen (secondary N) is 1. The molecule has 0 fully saturated rings. The maximum atomic E-state index is 5.58. The Bertz CT molecular complexity index is 522. The molecule has 3 N–H and O–H groups in total. The van der Waals surface area contributed by atoms with Crippen LogP contribution in [0, 0.1) is 6.92 Å². The first-order chi connectivity index (χ1) is 7.63. The number of nitrogens with two attached hydrogens (primary N) is 1. The quantitative estimate of drug-likeness (QED) is 0.890. The lowest BCUT2D eigenvalue weighted by molar-refractivity contribution is 0.413. The van der Waals surface area contributed by atoms with Crippen LogP contribution >= 0.6 is 15.9 Å². The summed E-state index contributed by atoms with van der Waals surface area (Å²) < 4.78 is 6.33. The number of hydrogen-bond acceptors (Lipinski definition) is 3. The van der Waals surface area contributed by atoms with Crippen molar-refractivity contribution in [3.8, 4) is 17.0 Å². The molecule has 0 saturated heterocycles. The van der Waals surface area contributed by atoms with E-state index in [9.17, 15) is 0 Å². The largest absolute Gasteiger partial charge is 0.495 e. The zero-order valence-corrected chi connectivity index (χ0v) is 10.6. The van der Waals surface area contributed by atoms with Gasteiger partial charge >= 0.3 is 0 Å². The van der Waals surface area contributed by atoms with Gasteiger partial charge in [0.05, 0.1) is 17.3 Å².